The minimum atomic E-state index is -0.462. The van der Waals surface area contributed by atoms with Crippen molar-refractivity contribution < 1.29 is 28.5 Å². The third-order valence-corrected chi connectivity index (χ3v) is 4.98. The molecule has 25 heavy (non-hydrogen) atoms. The summed E-state index contributed by atoms with van der Waals surface area (Å²) in [6.07, 6.45) is 4.31. The molecule has 1 aliphatic carbocycles. The van der Waals surface area contributed by atoms with Crippen LogP contribution in [0.2, 0.25) is 0 Å². The van der Waals surface area contributed by atoms with Crippen molar-refractivity contribution in [3.8, 4) is 0 Å². The molecule has 144 valence electrons. The number of fused-ring (bicyclic) bond motifs is 1. The molecule has 1 amide bonds. The molecule has 1 heterocycles. The van der Waals surface area contributed by atoms with Crippen molar-refractivity contribution >= 4 is 12.1 Å². The van der Waals surface area contributed by atoms with Gasteiger partial charge >= 0.3 is 12.1 Å². The van der Waals surface area contributed by atoms with Gasteiger partial charge in [-0.2, -0.15) is 0 Å². The van der Waals surface area contributed by atoms with Gasteiger partial charge in [-0.25, -0.2) is 4.79 Å². The lowest BCUT2D eigenvalue weighted by Gasteiger charge is -2.20. The molecule has 3 atom stereocenters. The predicted molar refractivity (Wildman–Crippen MR) is 91.2 cm³/mol. The quantitative estimate of drug-likeness (QED) is 0.367. The Labute approximate surface area is 149 Å². The smallest absolute Gasteiger partial charge is 0.407 e. The number of carbonyl (C=O) groups is 2. The molecular formula is C18H31NO6. The van der Waals surface area contributed by atoms with E-state index in [2.05, 4.69) is 5.32 Å². The van der Waals surface area contributed by atoms with Crippen molar-refractivity contribution in [3.63, 3.8) is 0 Å². The van der Waals surface area contributed by atoms with Crippen LogP contribution in [0.5, 0.6) is 0 Å². The van der Waals surface area contributed by atoms with Crippen molar-refractivity contribution in [3.05, 3.63) is 0 Å². The molecule has 7 heteroatoms. The number of carbonyl (C=O) groups excluding carboxylic acids is 2. The Kier molecular flexibility index (Phi) is 7.50. The Hall–Kier alpha value is -1.34. The first-order valence-electron chi connectivity index (χ1n) is 9.23. The lowest BCUT2D eigenvalue weighted by molar-refractivity contribution is -0.155. The van der Waals surface area contributed by atoms with Gasteiger partial charge in [-0.15, -0.1) is 0 Å². The van der Waals surface area contributed by atoms with Gasteiger partial charge in [0.1, 0.15) is 6.61 Å². The van der Waals surface area contributed by atoms with Crippen molar-refractivity contribution in [2.45, 2.75) is 58.7 Å². The normalized spacial score (nSPS) is 25.0. The van der Waals surface area contributed by atoms with Crippen LogP contribution in [0.25, 0.3) is 0 Å². The van der Waals surface area contributed by atoms with Gasteiger partial charge in [0, 0.05) is 6.54 Å². The van der Waals surface area contributed by atoms with E-state index in [9.17, 15) is 9.59 Å². The summed E-state index contributed by atoms with van der Waals surface area (Å²) in [6.45, 7) is 7.36. The predicted octanol–water partition coefficient (Wildman–Crippen LogP) is 2.28. The van der Waals surface area contributed by atoms with E-state index in [0.717, 1.165) is 25.7 Å². The molecule has 2 fully saturated rings. The van der Waals surface area contributed by atoms with Crippen molar-refractivity contribution in [1.29, 1.82) is 0 Å². The van der Waals surface area contributed by atoms with Crippen LogP contribution in [0, 0.1) is 11.3 Å². The number of amides is 1. The third kappa shape index (κ3) is 6.82. The van der Waals surface area contributed by atoms with E-state index in [1.807, 2.05) is 20.8 Å². The monoisotopic (exact) mass is 357 g/mol. The van der Waals surface area contributed by atoms with Crippen LogP contribution in [0.15, 0.2) is 0 Å². The fourth-order valence-corrected chi connectivity index (χ4v) is 2.74. The molecule has 0 spiro atoms. The molecule has 1 saturated carbocycles. The highest BCUT2D eigenvalue weighted by Gasteiger charge is 2.43. The Morgan fingerprint density at radius 2 is 1.92 bits per heavy atom. The summed E-state index contributed by atoms with van der Waals surface area (Å²) in [7, 11) is 0. The average Bonchev–Trinajstić information content (AvgIpc) is 3.37. The zero-order valence-corrected chi connectivity index (χ0v) is 15.5. The van der Waals surface area contributed by atoms with E-state index in [1.54, 1.807) is 0 Å². The molecule has 2 rings (SSSR count). The second-order valence-corrected chi connectivity index (χ2v) is 7.40. The second kappa shape index (κ2) is 9.38. The highest BCUT2D eigenvalue weighted by atomic mass is 16.6. The maximum Gasteiger partial charge on any atom is 0.407 e. The summed E-state index contributed by atoms with van der Waals surface area (Å²) in [5.74, 6) is 0.193. The Balaban J connectivity index is 1.41. The van der Waals surface area contributed by atoms with E-state index < -0.39 is 11.5 Å². The van der Waals surface area contributed by atoms with E-state index in [-0.39, 0.29) is 12.6 Å². The standard InChI is InChI=1S/C18H31NO6/c1-4-18(2,3)16(20)23-10-9-22-8-7-19-17(21)24-12-13-5-6-14-15(11-13)25-14/h13-15H,4-12H2,1-3H3,(H,19,21). The van der Waals surface area contributed by atoms with Crippen LogP contribution >= 0.6 is 0 Å². The van der Waals surface area contributed by atoms with Gasteiger partial charge in [0.2, 0.25) is 0 Å². The zero-order chi connectivity index (χ0) is 18.3. The van der Waals surface area contributed by atoms with E-state index >= 15 is 0 Å². The summed E-state index contributed by atoms with van der Waals surface area (Å²) in [5, 5.41) is 2.65. The highest BCUT2D eigenvalue weighted by Crippen LogP contribution is 2.39. The second-order valence-electron chi connectivity index (χ2n) is 7.40. The lowest BCUT2D eigenvalue weighted by Crippen LogP contribution is -2.31. The summed E-state index contributed by atoms with van der Waals surface area (Å²) < 4.78 is 21.2. The number of hydrogen-bond acceptors (Lipinski definition) is 6. The topological polar surface area (TPSA) is 86.4 Å². The minimum Gasteiger partial charge on any atom is -0.463 e. The van der Waals surface area contributed by atoms with Crippen molar-refractivity contribution in [2.24, 2.45) is 11.3 Å². The molecule has 0 aromatic heterocycles. The van der Waals surface area contributed by atoms with E-state index in [4.69, 9.17) is 18.9 Å². The molecule has 7 nitrogen and oxygen atoms in total. The zero-order valence-electron chi connectivity index (χ0n) is 15.5. The maximum absolute atomic E-state index is 11.7. The largest absolute Gasteiger partial charge is 0.463 e. The van der Waals surface area contributed by atoms with Crippen molar-refractivity contribution in [1.82, 2.24) is 5.32 Å². The first-order chi connectivity index (χ1) is 11.9. The molecule has 0 aromatic rings. The van der Waals surface area contributed by atoms with Crippen molar-refractivity contribution in [2.75, 3.05) is 33.0 Å². The van der Waals surface area contributed by atoms with Gasteiger partial charge in [0.25, 0.3) is 0 Å². The number of epoxide rings is 1. The van der Waals surface area contributed by atoms with Gasteiger partial charge < -0.3 is 24.3 Å². The van der Waals surface area contributed by atoms with Crippen LogP contribution in [-0.2, 0) is 23.7 Å². The van der Waals surface area contributed by atoms with Gasteiger partial charge in [0.05, 0.1) is 37.4 Å². The minimum absolute atomic E-state index is 0.217. The fraction of sp³-hybridized carbons (Fsp3) is 0.889. The molecule has 1 saturated heterocycles. The molecule has 1 N–H and O–H groups in total. The first kappa shape index (κ1) is 20.0. The molecule has 1 aliphatic heterocycles. The number of ether oxygens (including phenoxy) is 4. The van der Waals surface area contributed by atoms with Crippen LogP contribution in [-0.4, -0.2) is 57.2 Å². The molecule has 2 aliphatic rings. The summed E-state index contributed by atoms with van der Waals surface area (Å²) >= 11 is 0. The maximum atomic E-state index is 11.7. The number of hydrogen-bond donors (Lipinski definition) is 1. The number of nitrogens with one attached hydrogen (secondary N) is 1. The molecule has 0 radical (unpaired) electrons. The molecular weight excluding hydrogens is 326 g/mol. The van der Waals surface area contributed by atoms with Gasteiger partial charge in [-0.3, -0.25) is 4.79 Å². The summed E-state index contributed by atoms with van der Waals surface area (Å²) in [4.78, 5) is 23.3. The first-order valence-corrected chi connectivity index (χ1v) is 9.23. The fourth-order valence-electron chi connectivity index (χ4n) is 2.74. The van der Waals surface area contributed by atoms with Crippen LogP contribution in [0.1, 0.15) is 46.5 Å². The number of rotatable bonds is 10. The molecule has 0 bridgehead atoms. The SMILES string of the molecule is CCC(C)(C)C(=O)OCCOCCNC(=O)OCC1CCC2OC2C1. The molecule has 3 unspecified atom stereocenters. The van der Waals surface area contributed by atoms with E-state index in [1.165, 1.54) is 0 Å². The summed E-state index contributed by atoms with van der Waals surface area (Å²) in [5.41, 5.74) is -0.462. The van der Waals surface area contributed by atoms with Gasteiger partial charge in [-0.1, -0.05) is 6.92 Å². The molecule has 0 aromatic carbocycles. The lowest BCUT2D eigenvalue weighted by atomic mass is 9.90. The Bertz CT molecular complexity index is 453. The van der Waals surface area contributed by atoms with Crippen LogP contribution in [0.4, 0.5) is 4.79 Å². The van der Waals surface area contributed by atoms with Gasteiger partial charge in [0.15, 0.2) is 0 Å². The average molecular weight is 357 g/mol. The van der Waals surface area contributed by atoms with Crippen LogP contribution < -0.4 is 5.32 Å². The number of esters is 1. The Morgan fingerprint density at radius 1 is 1.12 bits per heavy atom. The summed E-state index contributed by atoms with van der Waals surface area (Å²) in [6, 6.07) is 0. The highest BCUT2D eigenvalue weighted by molar-refractivity contribution is 5.75. The van der Waals surface area contributed by atoms with Gasteiger partial charge in [-0.05, 0) is 45.4 Å². The third-order valence-electron chi connectivity index (χ3n) is 4.98. The Morgan fingerprint density at radius 3 is 2.64 bits per heavy atom. The van der Waals surface area contributed by atoms with Crippen LogP contribution in [0.3, 0.4) is 0 Å². The number of alkyl carbamates (subject to hydrolysis) is 1. The van der Waals surface area contributed by atoms with E-state index in [0.29, 0.717) is 44.5 Å².